The fourth-order valence-electron chi connectivity index (χ4n) is 0.554. The summed E-state index contributed by atoms with van der Waals surface area (Å²) >= 11 is 0. The minimum atomic E-state index is -0.668. The van der Waals surface area contributed by atoms with Gasteiger partial charge in [-0.15, -0.1) is 0 Å². The molecule has 0 spiro atoms. The van der Waals surface area contributed by atoms with E-state index >= 15 is 0 Å². The highest BCUT2D eigenvalue weighted by atomic mass is 16.1. The molecular weight excluding hydrogens is 118 g/mol. The highest BCUT2D eigenvalue weighted by Gasteiger charge is 2.10. The molecule has 0 bridgehead atoms. The Morgan fingerprint density at radius 2 is 2.11 bits per heavy atom. The number of nitrogens with zero attached hydrogens (tertiary/aromatic N) is 2. The highest BCUT2D eigenvalue weighted by molar-refractivity contribution is 5.88. The van der Waals surface area contributed by atoms with E-state index in [1.807, 2.05) is 0 Å². The Morgan fingerprint density at radius 3 is 2.44 bits per heavy atom. The Hall–Kier alpha value is -1.19. The Labute approximate surface area is 52.5 Å². The quantitative estimate of drug-likeness (QED) is 0.496. The molecule has 0 fully saturated rings. The van der Waals surface area contributed by atoms with Crippen LogP contribution in [0.5, 0.6) is 0 Å². The maximum atomic E-state index is 10.3. The van der Waals surface area contributed by atoms with Crippen LogP contribution in [0.3, 0.4) is 0 Å². The van der Waals surface area contributed by atoms with Crippen molar-refractivity contribution in [1.29, 1.82) is 0 Å². The van der Waals surface area contributed by atoms with Crippen LogP contribution in [0.2, 0.25) is 0 Å². The summed E-state index contributed by atoms with van der Waals surface area (Å²) in [5.74, 6) is -0.498. The van der Waals surface area contributed by atoms with Crippen molar-refractivity contribution in [3.63, 3.8) is 0 Å². The van der Waals surface area contributed by atoms with Gasteiger partial charge < -0.3 is 5.73 Å². The summed E-state index contributed by atoms with van der Waals surface area (Å²) in [6.07, 6.45) is 3.29. The van der Waals surface area contributed by atoms with Crippen molar-refractivity contribution in [3.8, 4) is 0 Å². The van der Waals surface area contributed by atoms with E-state index in [-0.39, 0.29) is 0 Å². The molecule has 0 atom stereocenters. The van der Waals surface area contributed by atoms with Crippen molar-refractivity contribution >= 4 is 18.3 Å². The molecule has 1 rings (SSSR count). The van der Waals surface area contributed by atoms with Crippen LogP contribution in [-0.2, 0) is 4.79 Å². The summed E-state index contributed by atoms with van der Waals surface area (Å²) in [6, 6.07) is 0. The van der Waals surface area contributed by atoms with Crippen molar-refractivity contribution in [3.05, 3.63) is 0 Å². The standard InChI is InChI=1S/C5H7N3O/c6-4(9)5-7-2-1-3-8-5/h2-3,5H,1H2,(H2,6,9). The smallest absolute Gasteiger partial charge is 0.264 e. The lowest BCUT2D eigenvalue weighted by molar-refractivity contribution is -0.118. The minimum Gasteiger partial charge on any atom is -0.366 e. The summed E-state index contributed by atoms with van der Waals surface area (Å²) in [4.78, 5) is 17.8. The summed E-state index contributed by atoms with van der Waals surface area (Å²) in [6.45, 7) is 0. The van der Waals surface area contributed by atoms with Crippen LogP contribution in [0.4, 0.5) is 0 Å². The molecule has 0 saturated carbocycles. The zero-order chi connectivity index (χ0) is 6.69. The topological polar surface area (TPSA) is 67.8 Å². The third kappa shape index (κ3) is 1.35. The zero-order valence-electron chi connectivity index (χ0n) is 4.82. The third-order valence-electron chi connectivity index (χ3n) is 0.959. The van der Waals surface area contributed by atoms with Crippen LogP contribution in [0.1, 0.15) is 6.42 Å². The van der Waals surface area contributed by atoms with Crippen molar-refractivity contribution in [2.45, 2.75) is 12.6 Å². The van der Waals surface area contributed by atoms with E-state index < -0.39 is 12.1 Å². The van der Waals surface area contributed by atoms with Gasteiger partial charge in [0.1, 0.15) is 0 Å². The Morgan fingerprint density at radius 1 is 1.56 bits per heavy atom. The number of rotatable bonds is 1. The second-order valence-corrected chi connectivity index (χ2v) is 1.68. The second-order valence-electron chi connectivity index (χ2n) is 1.68. The van der Waals surface area contributed by atoms with E-state index in [1.54, 1.807) is 12.4 Å². The molecule has 4 heteroatoms. The molecule has 0 aromatic carbocycles. The molecule has 1 aliphatic rings. The van der Waals surface area contributed by atoms with Gasteiger partial charge in [-0.25, -0.2) is 0 Å². The number of amides is 1. The molecule has 4 nitrogen and oxygen atoms in total. The number of hydrogen-bond acceptors (Lipinski definition) is 3. The van der Waals surface area contributed by atoms with E-state index in [4.69, 9.17) is 5.73 Å². The van der Waals surface area contributed by atoms with Crippen LogP contribution in [-0.4, -0.2) is 24.5 Å². The van der Waals surface area contributed by atoms with Gasteiger partial charge in [0.2, 0.25) is 6.17 Å². The highest BCUT2D eigenvalue weighted by Crippen LogP contribution is 1.94. The number of carbonyl (C=O) groups excluding carboxylic acids is 1. The fraction of sp³-hybridized carbons (Fsp3) is 0.400. The molecule has 0 saturated heterocycles. The van der Waals surface area contributed by atoms with Gasteiger partial charge in [-0.1, -0.05) is 0 Å². The number of nitrogens with two attached hydrogens (primary N) is 1. The molecular formula is C5H7N3O. The SMILES string of the molecule is NC(=O)C1N=CCC=N1. The average Bonchev–Trinajstić information content (AvgIpc) is 1.90. The maximum absolute atomic E-state index is 10.3. The molecule has 1 amide bonds. The van der Waals surface area contributed by atoms with Crippen LogP contribution in [0, 0.1) is 0 Å². The van der Waals surface area contributed by atoms with Crippen molar-refractivity contribution < 1.29 is 4.79 Å². The summed E-state index contributed by atoms with van der Waals surface area (Å²) in [7, 11) is 0. The fourth-order valence-corrected chi connectivity index (χ4v) is 0.554. The Kier molecular flexibility index (Phi) is 1.58. The molecule has 1 aliphatic heterocycles. The first-order chi connectivity index (χ1) is 4.30. The zero-order valence-corrected chi connectivity index (χ0v) is 4.82. The van der Waals surface area contributed by atoms with Gasteiger partial charge in [0.05, 0.1) is 0 Å². The van der Waals surface area contributed by atoms with Gasteiger partial charge in [0, 0.05) is 18.9 Å². The first kappa shape index (κ1) is 5.94. The van der Waals surface area contributed by atoms with Crippen LogP contribution < -0.4 is 5.73 Å². The summed E-state index contributed by atoms with van der Waals surface area (Å²) < 4.78 is 0. The molecule has 2 N–H and O–H groups in total. The molecule has 9 heavy (non-hydrogen) atoms. The number of primary amides is 1. The minimum absolute atomic E-state index is 0.498. The molecule has 0 aliphatic carbocycles. The second kappa shape index (κ2) is 2.39. The molecule has 0 aromatic rings. The lowest BCUT2D eigenvalue weighted by Gasteiger charge is -2.03. The first-order valence-electron chi connectivity index (χ1n) is 2.63. The van der Waals surface area contributed by atoms with Crippen LogP contribution in [0.15, 0.2) is 9.98 Å². The maximum Gasteiger partial charge on any atom is 0.264 e. The van der Waals surface area contributed by atoms with Gasteiger partial charge in [-0.2, -0.15) is 0 Å². The molecule has 0 radical (unpaired) electrons. The predicted octanol–water partition coefficient (Wildman–Crippen LogP) is -0.657. The van der Waals surface area contributed by atoms with Gasteiger partial charge in [0.15, 0.2) is 0 Å². The normalized spacial score (nSPS) is 18.2. The average molecular weight is 125 g/mol. The lowest BCUT2D eigenvalue weighted by Crippen LogP contribution is -2.26. The van der Waals surface area contributed by atoms with Crippen LogP contribution >= 0.6 is 0 Å². The third-order valence-corrected chi connectivity index (χ3v) is 0.959. The molecule has 0 aromatic heterocycles. The van der Waals surface area contributed by atoms with Crippen molar-refractivity contribution in [2.24, 2.45) is 15.7 Å². The van der Waals surface area contributed by atoms with Crippen molar-refractivity contribution in [1.82, 2.24) is 0 Å². The molecule has 0 unspecified atom stereocenters. The predicted molar refractivity (Wildman–Crippen MR) is 34.6 cm³/mol. The summed E-state index contributed by atoms with van der Waals surface area (Å²) in [5.41, 5.74) is 4.90. The van der Waals surface area contributed by atoms with Gasteiger partial charge in [-0.05, 0) is 0 Å². The van der Waals surface area contributed by atoms with Gasteiger partial charge in [-0.3, -0.25) is 14.8 Å². The van der Waals surface area contributed by atoms with Gasteiger partial charge >= 0.3 is 0 Å². The van der Waals surface area contributed by atoms with E-state index in [1.165, 1.54) is 0 Å². The van der Waals surface area contributed by atoms with Gasteiger partial charge in [0.25, 0.3) is 5.91 Å². The van der Waals surface area contributed by atoms with E-state index in [0.29, 0.717) is 6.42 Å². The number of hydrogen-bond donors (Lipinski definition) is 1. The number of aliphatic imine (C=N–C) groups is 2. The first-order valence-corrected chi connectivity index (χ1v) is 2.63. The number of carbonyl (C=O) groups is 1. The van der Waals surface area contributed by atoms with E-state index in [9.17, 15) is 4.79 Å². The van der Waals surface area contributed by atoms with Crippen molar-refractivity contribution in [2.75, 3.05) is 0 Å². The Balaban J connectivity index is 2.60. The monoisotopic (exact) mass is 125 g/mol. The molecule has 48 valence electrons. The van der Waals surface area contributed by atoms with E-state index in [0.717, 1.165) is 0 Å². The van der Waals surface area contributed by atoms with Crippen LogP contribution in [0.25, 0.3) is 0 Å². The van der Waals surface area contributed by atoms with E-state index in [2.05, 4.69) is 9.98 Å². The lowest BCUT2D eigenvalue weighted by atomic mass is 10.4. The molecule has 1 heterocycles. The Bertz CT molecular complexity index is 161. The largest absolute Gasteiger partial charge is 0.366 e. The summed E-state index contributed by atoms with van der Waals surface area (Å²) in [5, 5.41) is 0.